The number of aliphatic carboxylic acids is 1. The molecule has 0 radical (unpaired) electrons. The van der Waals surface area contributed by atoms with Gasteiger partial charge in [-0.25, -0.2) is 0 Å². The molecule has 14 nitrogen and oxygen atoms in total. The van der Waals surface area contributed by atoms with Crippen LogP contribution in [0.5, 0.6) is 0 Å². The Balaban J connectivity index is -0.000000683. The number of likely N-dealkylation sites (N-methyl/N-ethyl adjacent to an activating group) is 2. The predicted molar refractivity (Wildman–Crippen MR) is 245 cm³/mol. The molecule has 51 heavy (non-hydrogen) atoms. The van der Waals surface area contributed by atoms with Crippen LogP contribution in [0.25, 0.3) is 0 Å². The summed E-state index contributed by atoms with van der Waals surface area (Å²) in [5, 5.41) is 30.4. The van der Waals surface area contributed by atoms with Crippen LogP contribution >= 0.6 is 85.4 Å². The molecule has 0 aromatic carbocycles. The number of carboxylic acids is 1. The van der Waals surface area contributed by atoms with Crippen molar-refractivity contribution in [2.45, 2.75) is 141 Å². The van der Waals surface area contributed by atoms with Crippen molar-refractivity contribution >= 4 is 97.3 Å². The average Bonchev–Trinajstić information content (AvgIpc) is 3.03. The lowest BCUT2D eigenvalue weighted by Crippen LogP contribution is -2.35. The van der Waals surface area contributed by atoms with E-state index < -0.39 is 30.6 Å². The second kappa shape index (κ2) is 30.0. The van der Waals surface area contributed by atoms with Gasteiger partial charge in [0.15, 0.2) is 0 Å². The number of nitrogens with two attached hydrogens (primary N) is 1. The van der Waals surface area contributed by atoms with E-state index in [1.807, 2.05) is 25.6 Å². The topological polar surface area (TPSA) is 186 Å². The molecule has 3 N–H and O–H groups in total. The molecule has 0 fully saturated rings. The van der Waals surface area contributed by atoms with E-state index in [0.717, 1.165) is 40.5 Å². The number of hydrogen-bond acceptors (Lipinski definition) is 11. The molecule has 0 bridgehead atoms. The van der Waals surface area contributed by atoms with Crippen molar-refractivity contribution in [3.63, 3.8) is 0 Å². The van der Waals surface area contributed by atoms with Gasteiger partial charge in [0.1, 0.15) is 19.6 Å². The first-order valence-corrected chi connectivity index (χ1v) is 31.1. The third kappa shape index (κ3) is 28.9. The molecular formula is C27H68N6O8P10. The third-order valence-corrected chi connectivity index (χ3v) is 22.3. The van der Waals surface area contributed by atoms with Gasteiger partial charge in [-0.05, 0) is 120 Å². The van der Waals surface area contributed by atoms with Gasteiger partial charge in [0.05, 0.1) is 0 Å². The highest BCUT2D eigenvalue weighted by Crippen LogP contribution is 2.66. The van der Waals surface area contributed by atoms with Crippen LogP contribution in [0.2, 0.25) is 0 Å². The van der Waals surface area contributed by atoms with Crippen LogP contribution in [0.4, 0.5) is 0 Å². The first-order valence-electron chi connectivity index (χ1n) is 16.3. The predicted octanol–water partition coefficient (Wildman–Crippen LogP) is 8.59. The molecule has 0 amide bonds. The monoisotopic (exact) mass is 914 g/mol. The van der Waals surface area contributed by atoms with E-state index in [2.05, 4.69) is 63.3 Å². The molecule has 0 aromatic heterocycles. The summed E-state index contributed by atoms with van der Waals surface area (Å²) in [6.45, 7) is 12.7. The summed E-state index contributed by atoms with van der Waals surface area (Å²) in [6, 6.07) is -0.221. The van der Waals surface area contributed by atoms with E-state index in [4.69, 9.17) is 15.4 Å². The van der Waals surface area contributed by atoms with Gasteiger partial charge >= 0.3 is 11.9 Å². The first kappa shape index (κ1) is 57.2. The zero-order valence-electron chi connectivity index (χ0n) is 32.0. The summed E-state index contributed by atoms with van der Waals surface area (Å²) in [5.41, 5.74) is 4.04. The molecular weight excluding hydrogens is 846 g/mol. The number of carbonyl (C=O) groups excluding carboxylic acids is 1. The highest BCUT2D eigenvalue weighted by molar-refractivity contribution is 8.59. The Morgan fingerprint density at radius 3 is 1.51 bits per heavy atom. The molecule has 0 aliphatic heterocycles. The van der Waals surface area contributed by atoms with Crippen LogP contribution in [0, 0.1) is 20.2 Å². The van der Waals surface area contributed by atoms with E-state index in [-0.39, 0.29) is 27.4 Å². The minimum Gasteiger partial charge on any atom is -0.480 e. The van der Waals surface area contributed by atoms with Gasteiger partial charge in [0, 0.05) is 62.0 Å². The Kier molecular flexibility index (Phi) is 33.7. The first-order chi connectivity index (χ1) is 23.2. The maximum atomic E-state index is 12.2. The van der Waals surface area contributed by atoms with Gasteiger partial charge in [0.25, 0.3) is 0 Å². The molecule has 0 saturated heterocycles. The lowest BCUT2D eigenvalue weighted by molar-refractivity contribution is -0.561. The Morgan fingerprint density at radius 1 is 0.784 bits per heavy atom. The third-order valence-electron chi connectivity index (χ3n) is 8.04. The number of nitrogens with zero attached hydrogens (tertiary/aromatic N) is 5. The highest BCUT2D eigenvalue weighted by Gasteiger charge is 2.32. The van der Waals surface area contributed by atoms with E-state index in [1.54, 1.807) is 39.4 Å². The highest BCUT2D eigenvalue weighted by atomic mass is 32.6. The van der Waals surface area contributed by atoms with Crippen molar-refractivity contribution in [3.05, 3.63) is 20.2 Å². The Hall–Kier alpha value is 1.88. The molecule has 304 valence electrons. The molecule has 0 aliphatic rings. The van der Waals surface area contributed by atoms with Crippen LogP contribution in [0.15, 0.2) is 0 Å². The quantitative estimate of drug-likeness (QED) is 0.0535. The van der Waals surface area contributed by atoms with E-state index in [0.29, 0.717) is 56.5 Å². The van der Waals surface area contributed by atoms with Gasteiger partial charge in [-0.2, -0.15) is 0 Å². The summed E-state index contributed by atoms with van der Waals surface area (Å²) in [5.74, 6) is -0.982. The van der Waals surface area contributed by atoms with Crippen molar-refractivity contribution in [1.29, 1.82) is 0 Å². The number of carboxylic acid groups (broad SMARTS) is 1. The molecule has 0 aliphatic carbocycles. The maximum Gasteiger partial charge on any atom is 0.326 e. The Labute approximate surface area is 327 Å². The zero-order valence-corrected chi connectivity index (χ0v) is 42.7. The van der Waals surface area contributed by atoms with Gasteiger partial charge in [-0.3, -0.25) is 43.8 Å². The van der Waals surface area contributed by atoms with Crippen molar-refractivity contribution < 1.29 is 29.1 Å². The maximum absolute atomic E-state index is 12.2. The molecule has 13 atom stereocenters. The number of carbonyl (C=O) groups is 2. The van der Waals surface area contributed by atoms with Crippen LogP contribution in [-0.2, 0) is 14.1 Å². The average molecular weight is 915 g/mol. The summed E-state index contributed by atoms with van der Waals surface area (Å²) in [6.07, 6.45) is 6.58. The van der Waals surface area contributed by atoms with Gasteiger partial charge in [-0.15, -0.1) is 8.93 Å². The Morgan fingerprint density at radius 2 is 1.16 bits per heavy atom. The van der Waals surface area contributed by atoms with Crippen LogP contribution in [0.3, 0.4) is 0 Å². The van der Waals surface area contributed by atoms with Crippen LogP contribution in [0.1, 0.15) is 106 Å². The van der Waals surface area contributed by atoms with Gasteiger partial charge < -0.3 is 15.4 Å². The van der Waals surface area contributed by atoms with Crippen molar-refractivity contribution in [2.75, 3.05) is 21.1 Å². The SMILES string of the molecule is CC(CCCC(C)(C)[N+](=O)[O-])N(C)PP.CN(PP)C(CCCC(C)(C)N)C(=O)OP(P)PP.CN(PP)C(CCCC(C)(C)[N+](=O)[O-])C(=O)O. The van der Waals surface area contributed by atoms with E-state index in [9.17, 15) is 29.8 Å². The molecule has 0 saturated carbocycles. The zero-order chi connectivity index (χ0) is 40.8. The largest absolute Gasteiger partial charge is 0.480 e. The second-order valence-corrected chi connectivity index (χ2v) is 27.8. The molecule has 13 unspecified atom stereocenters. The number of rotatable bonds is 24. The van der Waals surface area contributed by atoms with E-state index in [1.165, 1.54) is 0 Å². The van der Waals surface area contributed by atoms with Crippen LogP contribution < -0.4 is 5.73 Å². The summed E-state index contributed by atoms with van der Waals surface area (Å²) >= 11 is 0. The summed E-state index contributed by atoms with van der Waals surface area (Å²) < 4.78 is 11.5. The number of nitro groups is 2. The summed E-state index contributed by atoms with van der Waals surface area (Å²) in [4.78, 5) is 44.1. The lowest BCUT2D eigenvalue weighted by Gasteiger charge is -2.27. The lowest BCUT2D eigenvalue weighted by atomic mass is 9.96. The molecule has 0 heterocycles. The Bertz CT molecular complexity index is 1020. The second-order valence-electron chi connectivity index (χ2n) is 14.1. The fourth-order valence-corrected chi connectivity index (χ4v) is 8.77. The minimum atomic E-state index is -0.981. The summed E-state index contributed by atoms with van der Waals surface area (Å²) in [7, 11) is 20.3. The van der Waals surface area contributed by atoms with Gasteiger partial charge in [0.2, 0.25) is 11.1 Å². The van der Waals surface area contributed by atoms with E-state index >= 15 is 0 Å². The molecule has 0 spiro atoms. The molecule has 0 rings (SSSR count). The minimum absolute atomic E-state index is 0.108. The fraction of sp³-hybridized carbons (Fsp3) is 0.926. The van der Waals surface area contributed by atoms with Gasteiger partial charge in [-0.1, -0.05) is 35.7 Å². The standard InChI is InChI=1S/C9H20N2O4P2.C9H26N2O2P6.C9H22N2O2P2/c1-9(2,11(14)15)6-4-5-7(8(12)13)10(3)17-16;1-9(2,10)6-4-5-7(11(3)17-14)8(12)13-19(16)18-15;1-8(10(4)15-14)6-5-7-9(2,3)11(12)13/h7,17H,4-6,16H2,1-3H3,(H,12,13);7,17-18H,4-6,10,14-16H2,1-3H3;8,15H,5-7,14H2,1-4H3. The fourth-order valence-electron chi connectivity index (χ4n) is 4.13. The molecule has 24 heteroatoms. The smallest absolute Gasteiger partial charge is 0.326 e. The molecule has 0 aromatic rings. The number of hydrogen-bond donors (Lipinski definition) is 2. The normalized spacial score (nSPS) is 15.4. The van der Waals surface area contributed by atoms with Crippen molar-refractivity contribution in [1.82, 2.24) is 14.0 Å². The van der Waals surface area contributed by atoms with Crippen LogP contribution in [-0.4, -0.2) is 96.8 Å². The van der Waals surface area contributed by atoms with Crippen molar-refractivity contribution in [2.24, 2.45) is 5.73 Å². The van der Waals surface area contributed by atoms with Crippen molar-refractivity contribution in [3.8, 4) is 0 Å².